The van der Waals surface area contributed by atoms with Gasteiger partial charge in [0.1, 0.15) is 5.75 Å². The van der Waals surface area contributed by atoms with Gasteiger partial charge < -0.3 is 20.3 Å². The van der Waals surface area contributed by atoms with Crippen LogP contribution in [0.25, 0.3) is 0 Å². The number of carbonyl (C=O) groups is 2. The molecule has 1 aliphatic heterocycles. The first-order valence-electron chi connectivity index (χ1n) is 5.33. The van der Waals surface area contributed by atoms with Crippen LogP contribution in [0.4, 0.5) is 5.69 Å². The molecule has 1 unspecified atom stereocenters. The standard InChI is InChI=1S/C12H13NO5/c1-6-3-7-10(8(4-6)18-2)13-11(16)12(7,17)5-9(14)15/h3-4,17H,5H2,1-2H3,(H,13,16)(H,14,15). The van der Waals surface area contributed by atoms with E-state index in [0.717, 1.165) is 5.56 Å². The number of rotatable bonds is 3. The first kappa shape index (κ1) is 12.4. The number of fused-ring (bicyclic) bond motifs is 1. The summed E-state index contributed by atoms with van der Waals surface area (Å²) in [5.74, 6) is -1.59. The second-order valence-electron chi connectivity index (χ2n) is 4.27. The molecule has 1 heterocycles. The van der Waals surface area contributed by atoms with E-state index in [9.17, 15) is 14.7 Å². The zero-order valence-corrected chi connectivity index (χ0v) is 9.98. The molecule has 0 bridgehead atoms. The van der Waals surface area contributed by atoms with Crippen LogP contribution in [-0.2, 0) is 15.2 Å². The number of hydrogen-bond donors (Lipinski definition) is 3. The molecule has 1 aromatic rings. The van der Waals surface area contributed by atoms with Crippen LogP contribution in [0.3, 0.4) is 0 Å². The maximum Gasteiger partial charge on any atom is 0.307 e. The minimum absolute atomic E-state index is 0.242. The van der Waals surface area contributed by atoms with Crippen LogP contribution in [0.15, 0.2) is 12.1 Å². The number of methoxy groups -OCH3 is 1. The lowest BCUT2D eigenvalue weighted by Gasteiger charge is -2.18. The number of anilines is 1. The molecule has 1 aromatic carbocycles. The Labute approximate surface area is 103 Å². The van der Waals surface area contributed by atoms with E-state index < -0.39 is 23.9 Å². The predicted octanol–water partition coefficient (Wildman–Crippen LogP) is 0.618. The molecule has 0 aromatic heterocycles. The highest BCUT2D eigenvalue weighted by molar-refractivity contribution is 6.08. The average molecular weight is 251 g/mol. The number of benzene rings is 1. The zero-order chi connectivity index (χ0) is 13.5. The number of carbonyl (C=O) groups excluding carboxylic acids is 1. The van der Waals surface area contributed by atoms with Crippen LogP contribution >= 0.6 is 0 Å². The summed E-state index contributed by atoms with van der Waals surface area (Å²) < 4.78 is 5.11. The molecular formula is C12H13NO5. The predicted molar refractivity (Wildman–Crippen MR) is 62.5 cm³/mol. The van der Waals surface area contributed by atoms with Crippen LogP contribution in [0.2, 0.25) is 0 Å². The summed E-state index contributed by atoms with van der Waals surface area (Å²) in [5, 5.41) is 21.5. The van der Waals surface area contributed by atoms with Crippen molar-refractivity contribution < 1.29 is 24.5 Å². The monoisotopic (exact) mass is 251 g/mol. The number of nitrogens with one attached hydrogen (secondary N) is 1. The van der Waals surface area contributed by atoms with Crippen molar-refractivity contribution >= 4 is 17.6 Å². The van der Waals surface area contributed by atoms with E-state index in [0.29, 0.717) is 11.4 Å². The van der Waals surface area contributed by atoms with E-state index in [2.05, 4.69) is 5.32 Å². The fraction of sp³-hybridized carbons (Fsp3) is 0.333. The SMILES string of the molecule is COc1cc(C)cc2c1NC(=O)C2(O)CC(=O)O. The summed E-state index contributed by atoms with van der Waals surface area (Å²) in [6.07, 6.45) is -0.682. The van der Waals surface area contributed by atoms with Gasteiger partial charge in [-0.3, -0.25) is 9.59 Å². The van der Waals surface area contributed by atoms with E-state index in [1.54, 1.807) is 19.1 Å². The molecule has 96 valence electrons. The van der Waals surface area contributed by atoms with Gasteiger partial charge in [0, 0.05) is 5.56 Å². The van der Waals surface area contributed by atoms with E-state index in [1.807, 2.05) is 0 Å². The van der Waals surface area contributed by atoms with Gasteiger partial charge in [-0.05, 0) is 18.6 Å². The third-order valence-electron chi connectivity index (χ3n) is 2.93. The van der Waals surface area contributed by atoms with Gasteiger partial charge >= 0.3 is 5.97 Å². The normalized spacial score (nSPS) is 21.4. The molecule has 3 N–H and O–H groups in total. The van der Waals surface area contributed by atoms with Gasteiger partial charge in [0.05, 0.1) is 19.2 Å². The van der Waals surface area contributed by atoms with Crippen molar-refractivity contribution in [3.05, 3.63) is 23.3 Å². The van der Waals surface area contributed by atoms with Crippen molar-refractivity contribution in [3.63, 3.8) is 0 Å². The summed E-state index contributed by atoms with van der Waals surface area (Å²) >= 11 is 0. The van der Waals surface area contributed by atoms with E-state index in [4.69, 9.17) is 9.84 Å². The largest absolute Gasteiger partial charge is 0.495 e. The van der Waals surface area contributed by atoms with Crippen LogP contribution in [-0.4, -0.2) is 29.2 Å². The smallest absolute Gasteiger partial charge is 0.307 e. The quantitative estimate of drug-likeness (QED) is 0.731. The third kappa shape index (κ3) is 1.70. The highest BCUT2D eigenvalue weighted by Gasteiger charge is 2.48. The minimum atomic E-state index is -2.04. The summed E-state index contributed by atoms with van der Waals surface area (Å²) in [6.45, 7) is 1.77. The molecular weight excluding hydrogens is 238 g/mol. The number of aliphatic carboxylic acids is 1. The van der Waals surface area contributed by atoms with Crippen molar-refractivity contribution in [1.82, 2.24) is 0 Å². The zero-order valence-electron chi connectivity index (χ0n) is 9.98. The van der Waals surface area contributed by atoms with Gasteiger partial charge in [0.2, 0.25) is 0 Å². The Hall–Kier alpha value is -2.08. The van der Waals surface area contributed by atoms with E-state index in [-0.39, 0.29) is 5.56 Å². The Bertz CT molecular complexity index is 540. The van der Waals surface area contributed by atoms with E-state index in [1.165, 1.54) is 7.11 Å². The van der Waals surface area contributed by atoms with Gasteiger partial charge in [-0.25, -0.2) is 0 Å². The van der Waals surface area contributed by atoms with E-state index >= 15 is 0 Å². The lowest BCUT2D eigenvalue weighted by atomic mass is 9.90. The Kier molecular flexibility index (Phi) is 2.74. The van der Waals surface area contributed by atoms with Gasteiger partial charge in [-0.2, -0.15) is 0 Å². The topological polar surface area (TPSA) is 95.9 Å². The van der Waals surface area contributed by atoms with Crippen molar-refractivity contribution in [2.45, 2.75) is 18.9 Å². The Balaban J connectivity index is 2.61. The molecule has 1 aliphatic rings. The lowest BCUT2D eigenvalue weighted by Crippen LogP contribution is -2.36. The van der Waals surface area contributed by atoms with Crippen LogP contribution in [0, 0.1) is 6.92 Å². The number of aryl methyl sites for hydroxylation is 1. The van der Waals surface area contributed by atoms with Gasteiger partial charge in [-0.15, -0.1) is 0 Å². The fourth-order valence-corrected chi connectivity index (χ4v) is 2.10. The number of aliphatic hydroxyl groups is 1. The molecule has 1 amide bonds. The summed E-state index contributed by atoms with van der Waals surface area (Å²) in [6, 6.07) is 3.28. The second kappa shape index (κ2) is 3.99. The molecule has 0 spiro atoms. The lowest BCUT2D eigenvalue weighted by molar-refractivity contribution is -0.149. The summed E-state index contributed by atoms with van der Waals surface area (Å²) in [4.78, 5) is 22.6. The molecule has 0 radical (unpaired) electrons. The third-order valence-corrected chi connectivity index (χ3v) is 2.93. The number of carboxylic acids is 1. The Morgan fingerprint density at radius 3 is 2.72 bits per heavy atom. The molecule has 18 heavy (non-hydrogen) atoms. The Morgan fingerprint density at radius 2 is 2.17 bits per heavy atom. The molecule has 2 rings (SSSR count). The van der Waals surface area contributed by atoms with Gasteiger partial charge in [0.25, 0.3) is 5.91 Å². The Morgan fingerprint density at radius 1 is 1.50 bits per heavy atom. The molecule has 1 atom stereocenters. The molecule has 0 saturated heterocycles. The minimum Gasteiger partial charge on any atom is -0.495 e. The maximum atomic E-state index is 11.8. The highest BCUT2D eigenvalue weighted by atomic mass is 16.5. The van der Waals surface area contributed by atoms with Crippen LogP contribution in [0.5, 0.6) is 5.75 Å². The summed E-state index contributed by atoms with van der Waals surface area (Å²) in [5.41, 5.74) is -0.699. The number of carboxylic acid groups (broad SMARTS) is 1. The van der Waals surface area contributed by atoms with Crippen molar-refractivity contribution in [3.8, 4) is 5.75 Å². The van der Waals surface area contributed by atoms with Crippen LogP contribution in [0.1, 0.15) is 17.5 Å². The highest BCUT2D eigenvalue weighted by Crippen LogP contribution is 2.44. The number of ether oxygens (including phenoxy) is 1. The van der Waals surface area contributed by atoms with Crippen molar-refractivity contribution in [2.75, 3.05) is 12.4 Å². The first-order valence-corrected chi connectivity index (χ1v) is 5.33. The molecule has 0 aliphatic carbocycles. The maximum absolute atomic E-state index is 11.8. The van der Waals surface area contributed by atoms with Crippen molar-refractivity contribution in [1.29, 1.82) is 0 Å². The molecule has 0 saturated carbocycles. The van der Waals surface area contributed by atoms with Gasteiger partial charge in [0.15, 0.2) is 5.60 Å². The second-order valence-corrected chi connectivity index (χ2v) is 4.27. The first-order chi connectivity index (χ1) is 8.38. The van der Waals surface area contributed by atoms with Gasteiger partial charge in [-0.1, -0.05) is 6.07 Å². The fourth-order valence-electron chi connectivity index (χ4n) is 2.10. The van der Waals surface area contributed by atoms with Crippen molar-refractivity contribution in [2.24, 2.45) is 0 Å². The molecule has 6 heteroatoms. The molecule has 0 fully saturated rings. The molecule has 6 nitrogen and oxygen atoms in total. The number of amides is 1. The van der Waals surface area contributed by atoms with Crippen LogP contribution < -0.4 is 10.1 Å². The summed E-state index contributed by atoms with van der Waals surface area (Å²) in [7, 11) is 1.44. The average Bonchev–Trinajstić information content (AvgIpc) is 2.51. The number of hydrogen-bond acceptors (Lipinski definition) is 4.